The van der Waals surface area contributed by atoms with E-state index in [2.05, 4.69) is 15.0 Å². The molecule has 31 heavy (non-hydrogen) atoms. The van der Waals surface area contributed by atoms with Gasteiger partial charge < -0.3 is 10.6 Å². The van der Waals surface area contributed by atoms with Crippen molar-refractivity contribution in [3.63, 3.8) is 0 Å². The largest absolute Gasteiger partial charge is 0.416 e. The molecule has 0 bridgehead atoms. The second-order valence-corrected chi connectivity index (χ2v) is 8.24. The molecule has 2 aromatic heterocycles. The van der Waals surface area contributed by atoms with Gasteiger partial charge in [-0.3, -0.25) is 4.79 Å². The molecule has 10 heteroatoms. The van der Waals surface area contributed by atoms with Crippen LogP contribution in [-0.4, -0.2) is 32.3 Å². The van der Waals surface area contributed by atoms with Crippen LogP contribution in [0.5, 0.6) is 0 Å². The van der Waals surface area contributed by atoms with Crippen molar-refractivity contribution >= 4 is 23.2 Å². The number of aryl methyl sites for hydroxylation is 1. The number of thiazole rings is 1. The summed E-state index contributed by atoms with van der Waals surface area (Å²) in [5, 5.41) is 0. The number of alkyl halides is 3. The molecule has 162 valence electrons. The Hall–Kier alpha value is -3.01. The fourth-order valence-electron chi connectivity index (χ4n) is 3.85. The maximum atomic E-state index is 13.3. The number of carbonyl (C=O) groups is 1. The van der Waals surface area contributed by atoms with Gasteiger partial charge in [0.05, 0.1) is 28.5 Å². The Morgan fingerprint density at radius 3 is 2.77 bits per heavy atom. The van der Waals surface area contributed by atoms with Crippen LogP contribution in [0.25, 0.3) is 11.1 Å². The number of hydrogen-bond acceptors (Lipinski definition) is 6. The molecule has 0 radical (unpaired) electrons. The third-order valence-corrected chi connectivity index (χ3v) is 6.27. The van der Waals surface area contributed by atoms with Gasteiger partial charge in [-0.15, -0.1) is 11.3 Å². The highest BCUT2D eigenvalue weighted by Crippen LogP contribution is 2.39. The van der Waals surface area contributed by atoms with Crippen LogP contribution in [0.15, 0.2) is 36.0 Å². The van der Waals surface area contributed by atoms with E-state index in [1.165, 1.54) is 23.6 Å². The Balaban J connectivity index is 1.79. The smallest absolute Gasteiger partial charge is 0.368 e. The van der Waals surface area contributed by atoms with Crippen LogP contribution in [0.4, 0.5) is 19.1 Å². The van der Waals surface area contributed by atoms with Gasteiger partial charge in [0.15, 0.2) is 0 Å². The molecule has 1 amide bonds. The van der Waals surface area contributed by atoms with Gasteiger partial charge in [-0.05, 0) is 43.9 Å². The second kappa shape index (κ2) is 8.26. The van der Waals surface area contributed by atoms with Crippen molar-refractivity contribution in [3.8, 4) is 11.1 Å². The predicted molar refractivity (Wildman–Crippen MR) is 111 cm³/mol. The number of piperidine rings is 1. The zero-order valence-electron chi connectivity index (χ0n) is 16.7. The third kappa shape index (κ3) is 4.25. The summed E-state index contributed by atoms with van der Waals surface area (Å²) in [5.41, 5.74) is 8.58. The van der Waals surface area contributed by atoms with Crippen LogP contribution in [0.2, 0.25) is 0 Å². The first kappa shape index (κ1) is 21.2. The van der Waals surface area contributed by atoms with Crippen molar-refractivity contribution in [2.24, 2.45) is 0 Å². The highest BCUT2D eigenvalue weighted by atomic mass is 32.1. The summed E-state index contributed by atoms with van der Waals surface area (Å²) in [5.74, 6) is -0.144. The SMILES string of the molecule is Cc1ncsc1C(=O)N1CCCCC1c1nc(N)ncc1-c1cccc(C(F)(F)F)c1. The predicted octanol–water partition coefficient (Wildman–Crippen LogP) is 4.88. The van der Waals surface area contributed by atoms with Crippen molar-refractivity contribution in [3.05, 3.63) is 57.8 Å². The standard InChI is InChI=1S/C21H20F3N5OS/c1-12-18(31-11-27-12)19(30)29-8-3-2-7-16(29)17-15(10-26-20(25)28-17)13-5-4-6-14(9-13)21(22,23)24/h4-6,9-11,16H,2-3,7-8H2,1H3,(H2,25,26,28). The lowest BCUT2D eigenvalue weighted by atomic mass is 9.93. The van der Waals surface area contributed by atoms with Crippen molar-refractivity contribution in [1.82, 2.24) is 19.9 Å². The molecule has 1 atom stereocenters. The van der Waals surface area contributed by atoms with E-state index < -0.39 is 17.8 Å². The fourth-order valence-corrected chi connectivity index (χ4v) is 4.60. The van der Waals surface area contributed by atoms with E-state index in [0.717, 1.165) is 25.0 Å². The zero-order valence-corrected chi connectivity index (χ0v) is 17.5. The van der Waals surface area contributed by atoms with E-state index in [0.29, 0.717) is 40.4 Å². The first-order valence-electron chi connectivity index (χ1n) is 9.77. The molecule has 4 rings (SSSR count). The average Bonchev–Trinajstić information content (AvgIpc) is 3.18. The van der Waals surface area contributed by atoms with Gasteiger partial charge in [-0.1, -0.05) is 12.1 Å². The molecule has 0 aliphatic carbocycles. The molecule has 6 nitrogen and oxygen atoms in total. The number of nitrogen functional groups attached to an aromatic ring is 1. The number of anilines is 1. The van der Waals surface area contributed by atoms with Crippen molar-refractivity contribution < 1.29 is 18.0 Å². The van der Waals surface area contributed by atoms with Crippen molar-refractivity contribution in [1.29, 1.82) is 0 Å². The van der Waals surface area contributed by atoms with E-state index in [4.69, 9.17) is 5.73 Å². The first-order chi connectivity index (χ1) is 14.8. The Bertz CT molecular complexity index is 1110. The van der Waals surface area contributed by atoms with Crippen LogP contribution < -0.4 is 5.73 Å². The Morgan fingerprint density at radius 2 is 2.06 bits per heavy atom. The number of halogens is 3. The molecular formula is C21H20F3N5OS. The van der Waals surface area contributed by atoms with Crippen LogP contribution in [0.1, 0.15) is 51.9 Å². The van der Waals surface area contributed by atoms with Crippen molar-refractivity contribution in [2.75, 3.05) is 12.3 Å². The van der Waals surface area contributed by atoms with Crippen LogP contribution in [0.3, 0.4) is 0 Å². The zero-order chi connectivity index (χ0) is 22.2. The van der Waals surface area contributed by atoms with Crippen LogP contribution in [-0.2, 0) is 6.18 Å². The van der Waals surface area contributed by atoms with Gasteiger partial charge in [-0.25, -0.2) is 15.0 Å². The molecule has 3 heterocycles. The van der Waals surface area contributed by atoms with Gasteiger partial charge >= 0.3 is 6.18 Å². The molecule has 2 N–H and O–H groups in total. The molecule has 3 aromatic rings. The maximum Gasteiger partial charge on any atom is 0.416 e. The quantitative estimate of drug-likeness (QED) is 0.619. The molecule has 1 aromatic carbocycles. The summed E-state index contributed by atoms with van der Waals surface area (Å²) < 4.78 is 39.8. The Labute approximate surface area is 181 Å². The molecule has 1 saturated heterocycles. The molecule has 1 aliphatic rings. The van der Waals surface area contributed by atoms with Gasteiger partial charge in [-0.2, -0.15) is 13.2 Å². The summed E-state index contributed by atoms with van der Waals surface area (Å²) in [6.45, 7) is 2.30. The topological polar surface area (TPSA) is 85.0 Å². The number of hydrogen-bond donors (Lipinski definition) is 1. The number of benzene rings is 1. The number of rotatable bonds is 3. The molecule has 0 spiro atoms. The summed E-state index contributed by atoms with van der Waals surface area (Å²) >= 11 is 1.27. The van der Waals surface area contributed by atoms with Crippen LogP contribution in [0, 0.1) is 6.92 Å². The van der Waals surface area contributed by atoms with E-state index in [1.807, 2.05) is 0 Å². The van der Waals surface area contributed by atoms with Gasteiger partial charge in [0.2, 0.25) is 5.95 Å². The lowest BCUT2D eigenvalue weighted by molar-refractivity contribution is -0.137. The molecule has 1 unspecified atom stereocenters. The molecule has 0 saturated carbocycles. The summed E-state index contributed by atoms with van der Waals surface area (Å²) in [6, 6.07) is 4.60. The lowest BCUT2D eigenvalue weighted by Crippen LogP contribution is -2.39. The molecular weight excluding hydrogens is 427 g/mol. The summed E-state index contributed by atoms with van der Waals surface area (Å²) in [4.78, 5) is 28.1. The van der Waals surface area contributed by atoms with E-state index in [9.17, 15) is 18.0 Å². The van der Waals surface area contributed by atoms with Crippen LogP contribution >= 0.6 is 11.3 Å². The first-order valence-corrected chi connectivity index (χ1v) is 10.6. The number of nitrogens with zero attached hydrogens (tertiary/aromatic N) is 4. The summed E-state index contributed by atoms with van der Waals surface area (Å²) in [7, 11) is 0. The Kier molecular flexibility index (Phi) is 5.65. The average molecular weight is 447 g/mol. The highest BCUT2D eigenvalue weighted by molar-refractivity contribution is 7.11. The van der Waals surface area contributed by atoms with E-state index in [1.54, 1.807) is 23.4 Å². The summed E-state index contributed by atoms with van der Waals surface area (Å²) in [6.07, 6.45) is -0.711. The number of aromatic nitrogens is 3. The van der Waals surface area contributed by atoms with Gasteiger partial charge in [0.1, 0.15) is 4.88 Å². The number of likely N-dealkylation sites (tertiary alicyclic amines) is 1. The molecule has 1 aliphatic heterocycles. The number of carbonyl (C=O) groups excluding carboxylic acids is 1. The number of amides is 1. The van der Waals surface area contributed by atoms with E-state index >= 15 is 0 Å². The monoisotopic (exact) mass is 447 g/mol. The number of nitrogens with two attached hydrogens (primary N) is 1. The lowest BCUT2D eigenvalue weighted by Gasteiger charge is -2.36. The fraction of sp³-hybridized carbons (Fsp3) is 0.333. The minimum absolute atomic E-state index is 0.0117. The normalized spacial score (nSPS) is 17.0. The second-order valence-electron chi connectivity index (χ2n) is 7.38. The highest BCUT2D eigenvalue weighted by Gasteiger charge is 2.34. The van der Waals surface area contributed by atoms with Crippen molar-refractivity contribution in [2.45, 2.75) is 38.4 Å². The third-order valence-electron chi connectivity index (χ3n) is 5.36. The van der Waals surface area contributed by atoms with Gasteiger partial charge in [0, 0.05) is 18.3 Å². The molecule has 1 fully saturated rings. The minimum Gasteiger partial charge on any atom is -0.368 e. The minimum atomic E-state index is -4.47. The Morgan fingerprint density at radius 1 is 1.26 bits per heavy atom. The van der Waals surface area contributed by atoms with Gasteiger partial charge in [0.25, 0.3) is 5.91 Å². The van der Waals surface area contributed by atoms with E-state index in [-0.39, 0.29) is 11.9 Å². The maximum absolute atomic E-state index is 13.3.